The van der Waals surface area contributed by atoms with E-state index >= 15 is 0 Å². The molecule has 0 aromatic heterocycles. The molecule has 1 fully saturated rings. The number of carbonyl (C=O) groups excluding carboxylic acids is 3. The smallest absolute Gasteiger partial charge is 0.405 e. The van der Waals surface area contributed by atoms with E-state index in [4.69, 9.17) is 0 Å². The second-order valence-electron chi connectivity index (χ2n) is 4.65. The Morgan fingerprint density at radius 3 is 2.04 bits per heavy atom. The first kappa shape index (κ1) is 16.5. The molecular formula is C14H11F3N2O4. The molecule has 0 spiro atoms. The number of para-hydroxylation sites is 1. The van der Waals surface area contributed by atoms with Crippen molar-refractivity contribution >= 4 is 23.9 Å². The number of carbonyl (C=O) groups is 3. The Hall–Kier alpha value is -2.84. The number of ether oxygens (including phenoxy) is 1. The third-order valence-corrected chi connectivity index (χ3v) is 3.09. The van der Waals surface area contributed by atoms with Crippen LogP contribution >= 0.6 is 0 Å². The van der Waals surface area contributed by atoms with Crippen LogP contribution in [0.15, 0.2) is 29.8 Å². The maximum Gasteiger partial charge on any atom is 0.573 e. The standard InChI is InChI=1S/C14H11F3N2O4/c1-18-11(20)9(12(21)19(2)13(18)22)7-8-5-3-4-6-10(8)23-14(15,16)17/h3-7H,1-2H3. The molecule has 9 heteroatoms. The Balaban J connectivity index is 2.47. The Bertz CT molecular complexity index is 686. The number of imide groups is 2. The predicted octanol–water partition coefficient (Wildman–Crippen LogP) is 2.02. The Labute approximate surface area is 128 Å². The quantitative estimate of drug-likeness (QED) is 0.615. The van der Waals surface area contributed by atoms with Gasteiger partial charge in [0.2, 0.25) is 0 Å². The van der Waals surface area contributed by atoms with Gasteiger partial charge < -0.3 is 4.74 Å². The fourth-order valence-electron chi connectivity index (χ4n) is 1.95. The first-order valence-corrected chi connectivity index (χ1v) is 6.28. The van der Waals surface area contributed by atoms with Gasteiger partial charge in [-0.3, -0.25) is 19.4 Å². The summed E-state index contributed by atoms with van der Waals surface area (Å²) in [4.78, 5) is 37.0. The fourth-order valence-corrected chi connectivity index (χ4v) is 1.95. The predicted molar refractivity (Wildman–Crippen MR) is 72.0 cm³/mol. The van der Waals surface area contributed by atoms with Gasteiger partial charge in [0.25, 0.3) is 11.8 Å². The number of amides is 4. The molecule has 23 heavy (non-hydrogen) atoms. The molecule has 0 N–H and O–H groups in total. The zero-order chi connectivity index (χ0) is 17.4. The molecule has 1 saturated heterocycles. The lowest BCUT2D eigenvalue weighted by Crippen LogP contribution is -2.52. The van der Waals surface area contributed by atoms with E-state index in [1.54, 1.807) is 0 Å². The van der Waals surface area contributed by atoms with Gasteiger partial charge in [0.1, 0.15) is 11.3 Å². The lowest BCUT2D eigenvalue weighted by molar-refractivity contribution is -0.274. The second-order valence-corrected chi connectivity index (χ2v) is 4.65. The number of alkyl halides is 3. The average molecular weight is 328 g/mol. The highest BCUT2D eigenvalue weighted by atomic mass is 19.4. The van der Waals surface area contributed by atoms with Gasteiger partial charge in [-0.25, -0.2) is 4.79 Å². The number of rotatable bonds is 2. The van der Waals surface area contributed by atoms with Crippen molar-refractivity contribution in [3.8, 4) is 5.75 Å². The van der Waals surface area contributed by atoms with Crippen molar-refractivity contribution in [3.05, 3.63) is 35.4 Å². The molecule has 0 unspecified atom stereocenters. The SMILES string of the molecule is CN1C(=O)C(=Cc2ccccc2OC(F)(F)F)C(=O)N(C)C1=O. The van der Waals surface area contributed by atoms with Crippen molar-refractivity contribution < 1.29 is 32.3 Å². The molecule has 1 aromatic rings. The van der Waals surface area contributed by atoms with Crippen LogP contribution in [0.1, 0.15) is 5.56 Å². The third-order valence-electron chi connectivity index (χ3n) is 3.09. The molecule has 0 atom stereocenters. The highest BCUT2D eigenvalue weighted by Gasteiger charge is 2.38. The van der Waals surface area contributed by atoms with Crippen LogP contribution in [-0.4, -0.2) is 48.1 Å². The van der Waals surface area contributed by atoms with Gasteiger partial charge in [0.15, 0.2) is 0 Å². The minimum atomic E-state index is -4.92. The van der Waals surface area contributed by atoms with Crippen molar-refractivity contribution in [2.75, 3.05) is 14.1 Å². The molecule has 0 aliphatic carbocycles. The van der Waals surface area contributed by atoms with Gasteiger partial charge in [-0.15, -0.1) is 13.2 Å². The van der Waals surface area contributed by atoms with Gasteiger partial charge in [-0.1, -0.05) is 18.2 Å². The molecule has 1 aliphatic rings. The second kappa shape index (κ2) is 5.75. The maximum absolute atomic E-state index is 12.4. The van der Waals surface area contributed by atoms with Gasteiger partial charge in [-0.05, 0) is 12.1 Å². The molecule has 1 aromatic carbocycles. The Kier molecular flexibility index (Phi) is 4.13. The summed E-state index contributed by atoms with van der Waals surface area (Å²) in [5.74, 6) is -2.37. The molecule has 0 radical (unpaired) electrons. The van der Waals surface area contributed by atoms with Crippen LogP contribution in [-0.2, 0) is 9.59 Å². The number of hydrogen-bond donors (Lipinski definition) is 0. The summed E-state index contributed by atoms with van der Waals surface area (Å²) >= 11 is 0. The number of halogens is 3. The minimum Gasteiger partial charge on any atom is -0.405 e. The minimum absolute atomic E-state index is 0.113. The van der Waals surface area contributed by atoms with Crippen molar-refractivity contribution in [3.63, 3.8) is 0 Å². The fraction of sp³-hybridized carbons (Fsp3) is 0.214. The van der Waals surface area contributed by atoms with Gasteiger partial charge in [0.05, 0.1) is 0 Å². The van der Waals surface area contributed by atoms with Crippen molar-refractivity contribution in [1.29, 1.82) is 0 Å². The molecule has 4 amide bonds. The van der Waals surface area contributed by atoms with Crippen molar-refractivity contribution in [2.45, 2.75) is 6.36 Å². The van der Waals surface area contributed by atoms with Crippen LogP contribution in [0.25, 0.3) is 6.08 Å². The number of hydrogen-bond acceptors (Lipinski definition) is 4. The molecule has 0 bridgehead atoms. The summed E-state index contributed by atoms with van der Waals surface area (Å²) in [6, 6.07) is 4.22. The molecule has 0 saturated carbocycles. The van der Waals surface area contributed by atoms with Gasteiger partial charge in [0, 0.05) is 19.7 Å². The summed E-state index contributed by atoms with van der Waals surface area (Å²) in [5, 5.41) is 0. The lowest BCUT2D eigenvalue weighted by atomic mass is 10.1. The number of benzene rings is 1. The first-order valence-electron chi connectivity index (χ1n) is 6.28. The monoisotopic (exact) mass is 328 g/mol. The number of barbiturate groups is 1. The van der Waals surface area contributed by atoms with Crippen LogP contribution in [0.3, 0.4) is 0 Å². The normalized spacial score (nSPS) is 16.0. The molecule has 1 aliphatic heterocycles. The molecular weight excluding hydrogens is 317 g/mol. The van der Waals surface area contributed by atoms with Crippen LogP contribution in [0.2, 0.25) is 0 Å². The van der Waals surface area contributed by atoms with E-state index in [0.717, 1.165) is 12.1 Å². The van der Waals surface area contributed by atoms with E-state index in [9.17, 15) is 27.6 Å². The number of urea groups is 1. The summed E-state index contributed by atoms with van der Waals surface area (Å²) in [6.45, 7) is 0. The Morgan fingerprint density at radius 2 is 1.52 bits per heavy atom. The van der Waals surface area contributed by atoms with E-state index in [1.165, 1.54) is 32.3 Å². The summed E-state index contributed by atoms with van der Waals surface area (Å²) in [6.07, 6.45) is -3.95. The largest absolute Gasteiger partial charge is 0.573 e. The van der Waals surface area contributed by atoms with Crippen LogP contribution < -0.4 is 4.74 Å². The van der Waals surface area contributed by atoms with Crippen molar-refractivity contribution in [1.82, 2.24) is 9.80 Å². The summed E-state index contributed by atoms with van der Waals surface area (Å²) < 4.78 is 41.0. The first-order chi connectivity index (χ1) is 10.6. The van der Waals surface area contributed by atoms with E-state index in [2.05, 4.69) is 4.74 Å². The van der Waals surface area contributed by atoms with Gasteiger partial charge >= 0.3 is 12.4 Å². The molecule has 1 heterocycles. The highest BCUT2D eigenvalue weighted by molar-refractivity contribution is 6.30. The zero-order valence-electron chi connectivity index (χ0n) is 12.0. The van der Waals surface area contributed by atoms with Crippen LogP contribution in [0.5, 0.6) is 5.75 Å². The average Bonchev–Trinajstić information content (AvgIpc) is 2.47. The number of likely N-dealkylation sites (N-methyl/N-ethyl adjacent to an activating group) is 2. The van der Waals surface area contributed by atoms with E-state index < -0.39 is 35.5 Å². The zero-order valence-corrected chi connectivity index (χ0v) is 12.0. The number of nitrogens with zero attached hydrogens (tertiary/aromatic N) is 2. The molecule has 122 valence electrons. The van der Waals surface area contributed by atoms with E-state index in [-0.39, 0.29) is 5.56 Å². The summed E-state index contributed by atoms with van der Waals surface area (Å²) in [5.41, 5.74) is -0.550. The Morgan fingerprint density at radius 1 is 1.00 bits per heavy atom. The lowest BCUT2D eigenvalue weighted by Gasteiger charge is -2.29. The van der Waals surface area contributed by atoms with E-state index in [1.807, 2.05) is 0 Å². The van der Waals surface area contributed by atoms with Gasteiger partial charge in [-0.2, -0.15) is 0 Å². The maximum atomic E-state index is 12.4. The van der Waals surface area contributed by atoms with Crippen molar-refractivity contribution in [2.24, 2.45) is 0 Å². The van der Waals surface area contributed by atoms with E-state index in [0.29, 0.717) is 9.80 Å². The molecule has 2 rings (SSSR count). The third kappa shape index (κ3) is 3.33. The molecule has 6 nitrogen and oxygen atoms in total. The van der Waals surface area contributed by atoms with Crippen LogP contribution in [0.4, 0.5) is 18.0 Å². The highest BCUT2D eigenvalue weighted by Crippen LogP contribution is 2.29. The summed E-state index contributed by atoms with van der Waals surface area (Å²) in [7, 11) is 2.33. The topological polar surface area (TPSA) is 66.9 Å². The van der Waals surface area contributed by atoms with Crippen LogP contribution in [0, 0.1) is 0 Å².